The van der Waals surface area contributed by atoms with Gasteiger partial charge in [-0.05, 0) is 6.42 Å². The molecule has 0 spiro atoms. The van der Waals surface area contributed by atoms with Crippen molar-refractivity contribution in [3.63, 3.8) is 0 Å². The van der Waals surface area contributed by atoms with E-state index in [1.54, 1.807) is 6.92 Å². The summed E-state index contributed by atoms with van der Waals surface area (Å²) >= 11 is 0. The highest BCUT2D eigenvalue weighted by atomic mass is 19.1. The molecule has 1 rings (SSSR count). The molecule has 2 unspecified atom stereocenters. The Morgan fingerprint density at radius 1 is 1.42 bits per heavy atom. The molecule has 2 N–H and O–H groups in total. The molecule has 0 aliphatic carbocycles. The normalized spacial score (nSPS) is 24.2. The van der Waals surface area contributed by atoms with Gasteiger partial charge in [0.05, 0.1) is 0 Å². The fraction of sp³-hybridized carbons (Fsp3) is 0.750. The Hall–Kier alpha value is -0.660. The van der Waals surface area contributed by atoms with Gasteiger partial charge < -0.3 is 0 Å². The van der Waals surface area contributed by atoms with Crippen LogP contribution < -0.4 is 10.9 Å². The van der Waals surface area contributed by atoms with Gasteiger partial charge in [-0.15, -0.1) is 12.3 Å². The molecule has 12 heavy (non-hydrogen) atoms. The van der Waals surface area contributed by atoms with E-state index in [0.29, 0.717) is 0 Å². The minimum Gasteiger partial charge on any atom is -0.244 e. The van der Waals surface area contributed by atoms with Gasteiger partial charge >= 0.3 is 0 Å². The molecule has 1 aliphatic heterocycles. The van der Waals surface area contributed by atoms with Crippen LogP contribution in [0.5, 0.6) is 0 Å². The first-order valence-electron chi connectivity index (χ1n) is 3.93. The van der Waals surface area contributed by atoms with E-state index in [0.717, 1.165) is 0 Å². The highest BCUT2D eigenvalue weighted by Crippen LogP contribution is 2.29. The first-order valence-corrected chi connectivity index (χ1v) is 3.93. The summed E-state index contributed by atoms with van der Waals surface area (Å²) < 4.78 is 26.3. The van der Waals surface area contributed by atoms with Crippen LogP contribution in [0.15, 0.2) is 0 Å². The molecule has 0 bridgehead atoms. The molecule has 1 saturated heterocycles. The molecule has 1 fully saturated rings. The number of terminal acetylenes is 1. The Bertz CT molecular complexity index is 196. The highest BCUT2D eigenvalue weighted by molar-refractivity contribution is 5.09. The van der Waals surface area contributed by atoms with Gasteiger partial charge in [-0.1, -0.05) is 6.92 Å². The molecule has 1 aliphatic rings. The van der Waals surface area contributed by atoms with Crippen LogP contribution >= 0.6 is 0 Å². The number of halogens is 2. The van der Waals surface area contributed by atoms with Crippen molar-refractivity contribution in [3.05, 3.63) is 0 Å². The summed E-state index contributed by atoms with van der Waals surface area (Å²) in [5, 5.41) is 0. The fourth-order valence-corrected chi connectivity index (χ4v) is 1.17. The van der Waals surface area contributed by atoms with E-state index in [-0.39, 0.29) is 12.8 Å². The summed E-state index contributed by atoms with van der Waals surface area (Å²) in [6, 6.07) is 0. The lowest BCUT2D eigenvalue weighted by molar-refractivity contribution is 0.150. The van der Waals surface area contributed by atoms with E-state index in [4.69, 9.17) is 6.42 Å². The Labute approximate surface area is 70.7 Å². The molecule has 0 aromatic rings. The number of alkyl halides is 2. The number of rotatable bonds is 4. The third kappa shape index (κ3) is 1.43. The van der Waals surface area contributed by atoms with Crippen molar-refractivity contribution in [2.75, 3.05) is 0 Å². The zero-order valence-corrected chi connectivity index (χ0v) is 6.90. The molecule has 2 atom stereocenters. The summed E-state index contributed by atoms with van der Waals surface area (Å²) in [4.78, 5) is 0. The predicted octanol–water partition coefficient (Wildman–Crippen LogP) is 0.900. The van der Waals surface area contributed by atoms with Crippen molar-refractivity contribution in [3.8, 4) is 12.3 Å². The number of hydrazine groups is 1. The van der Waals surface area contributed by atoms with Crippen LogP contribution in [-0.2, 0) is 0 Å². The van der Waals surface area contributed by atoms with Gasteiger partial charge in [0.1, 0.15) is 12.3 Å². The van der Waals surface area contributed by atoms with Crippen LogP contribution in [0.3, 0.4) is 0 Å². The first kappa shape index (κ1) is 9.43. The van der Waals surface area contributed by atoms with Crippen molar-refractivity contribution >= 4 is 0 Å². The van der Waals surface area contributed by atoms with Gasteiger partial charge in [0.15, 0.2) is 5.66 Å². The molecule has 0 saturated carbocycles. The third-order valence-corrected chi connectivity index (χ3v) is 2.06. The lowest BCUT2D eigenvalue weighted by atomic mass is 10.00. The van der Waals surface area contributed by atoms with E-state index < -0.39 is 18.0 Å². The summed E-state index contributed by atoms with van der Waals surface area (Å²) in [7, 11) is 0. The molecule has 0 aromatic heterocycles. The minimum absolute atomic E-state index is 0.0690. The van der Waals surface area contributed by atoms with E-state index in [1.807, 2.05) is 0 Å². The van der Waals surface area contributed by atoms with Crippen LogP contribution in [0.4, 0.5) is 8.78 Å². The maximum Gasteiger partial charge on any atom is 0.159 e. The van der Waals surface area contributed by atoms with Gasteiger partial charge in [0.25, 0.3) is 0 Å². The predicted molar refractivity (Wildman–Crippen MR) is 42.5 cm³/mol. The van der Waals surface area contributed by atoms with Gasteiger partial charge in [-0.3, -0.25) is 0 Å². The summed E-state index contributed by atoms with van der Waals surface area (Å²) in [5.41, 5.74) is 3.77. The average molecular weight is 174 g/mol. The highest BCUT2D eigenvalue weighted by Gasteiger charge is 2.55. The van der Waals surface area contributed by atoms with Crippen LogP contribution in [0.1, 0.15) is 19.8 Å². The largest absolute Gasteiger partial charge is 0.244 e. The van der Waals surface area contributed by atoms with Gasteiger partial charge in [0.2, 0.25) is 0 Å². The molecule has 4 heteroatoms. The average Bonchev–Trinajstić information content (AvgIpc) is 2.84. The lowest BCUT2D eigenvalue weighted by Gasteiger charge is -2.17. The topological polar surface area (TPSA) is 43.9 Å². The van der Waals surface area contributed by atoms with Crippen LogP contribution in [0.2, 0.25) is 0 Å². The maximum atomic E-state index is 13.2. The van der Waals surface area contributed by atoms with Gasteiger partial charge in [-0.2, -0.15) is 0 Å². The third-order valence-electron chi connectivity index (χ3n) is 2.06. The van der Waals surface area contributed by atoms with E-state index in [9.17, 15) is 8.78 Å². The van der Waals surface area contributed by atoms with Crippen LogP contribution in [0.25, 0.3) is 0 Å². The van der Waals surface area contributed by atoms with E-state index >= 15 is 0 Å². The molecule has 0 aromatic carbocycles. The Kier molecular flexibility index (Phi) is 2.65. The van der Waals surface area contributed by atoms with Crippen molar-refractivity contribution < 1.29 is 8.78 Å². The van der Waals surface area contributed by atoms with Gasteiger partial charge in [-0.25, -0.2) is 19.6 Å². The molecule has 0 radical (unpaired) electrons. The standard InChI is InChI=1S/C8H12F2N2/c1-3-5-7(10)8(11-12-8)6(9)4-2/h1,6-7,11-12H,4-5H2,2H3. The summed E-state index contributed by atoms with van der Waals surface area (Å²) in [6.07, 6.45) is 2.53. The number of hydrogen-bond donors (Lipinski definition) is 2. The SMILES string of the molecule is C#CCC(F)C1(C(F)CC)NN1. The molecule has 68 valence electrons. The van der Waals surface area contributed by atoms with E-state index in [2.05, 4.69) is 16.8 Å². The second kappa shape index (κ2) is 3.38. The van der Waals surface area contributed by atoms with Crippen LogP contribution in [0, 0.1) is 12.3 Å². The van der Waals surface area contributed by atoms with Gasteiger partial charge in [0, 0.05) is 6.42 Å². The quantitative estimate of drug-likeness (QED) is 0.491. The maximum absolute atomic E-state index is 13.2. The number of hydrogen-bond acceptors (Lipinski definition) is 2. The van der Waals surface area contributed by atoms with Crippen molar-refractivity contribution in [2.24, 2.45) is 0 Å². The molecule has 1 heterocycles. The van der Waals surface area contributed by atoms with Crippen molar-refractivity contribution in [1.82, 2.24) is 10.9 Å². The molecule has 2 nitrogen and oxygen atoms in total. The summed E-state index contributed by atoms with van der Waals surface area (Å²) in [5.74, 6) is 2.17. The van der Waals surface area contributed by atoms with E-state index in [1.165, 1.54) is 0 Å². The zero-order valence-electron chi connectivity index (χ0n) is 6.90. The monoisotopic (exact) mass is 174 g/mol. The second-order valence-electron chi connectivity index (χ2n) is 2.87. The first-order chi connectivity index (χ1) is 5.67. The summed E-state index contributed by atoms with van der Waals surface area (Å²) in [6.45, 7) is 1.66. The second-order valence-corrected chi connectivity index (χ2v) is 2.87. The molecular weight excluding hydrogens is 162 g/mol. The Balaban J connectivity index is 2.54. The minimum atomic E-state index is -1.36. The van der Waals surface area contributed by atoms with Crippen molar-refractivity contribution in [2.45, 2.75) is 37.8 Å². The fourth-order valence-electron chi connectivity index (χ4n) is 1.17. The zero-order chi connectivity index (χ0) is 9.19. The molecule has 0 amide bonds. The van der Waals surface area contributed by atoms with Crippen LogP contribution in [-0.4, -0.2) is 18.0 Å². The lowest BCUT2D eigenvalue weighted by Crippen LogP contribution is -2.40. The molecular formula is C8H12F2N2. The Morgan fingerprint density at radius 3 is 2.33 bits per heavy atom. The smallest absolute Gasteiger partial charge is 0.159 e. The Morgan fingerprint density at radius 2 is 2.00 bits per heavy atom. The van der Waals surface area contributed by atoms with Crippen molar-refractivity contribution in [1.29, 1.82) is 0 Å². The number of nitrogens with one attached hydrogen (secondary N) is 2.